The van der Waals surface area contributed by atoms with Crippen LogP contribution in [0.4, 0.5) is 4.39 Å². The zero-order chi connectivity index (χ0) is 12.1. The highest BCUT2D eigenvalue weighted by Gasteiger charge is 2.12. The predicted octanol–water partition coefficient (Wildman–Crippen LogP) is 1.48. The van der Waals surface area contributed by atoms with E-state index in [0.717, 1.165) is 0 Å². The number of amides is 1. The van der Waals surface area contributed by atoms with Gasteiger partial charge in [-0.3, -0.25) is 4.79 Å². The van der Waals surface area contributed by atoms with Crippen LogP contribution < -0.4 is 11.1 Å². The number of hydrogen-bond donors (Lipinski definition) is 2. The molecule has 16 heavy (non-hydrogen) atoms. The van der Waals surface area contributed by atoms with E-state index in [-0.39, 0.29) is 29.0 Å². The summed E-state index contributed by atoms with van der Waals surface area (Å²) < 4.78 is 13.3. The van der Waals surface area contributed by atoms with Gasteiger partial charge in [-0.1, -0.05) is 17.7 Å². The van der Waals surface area contributed by atoms with Gasteiger partial charge in [-0.25, -0.2) is 4.39 Å². The Labute approximate surface area is 98.8 Å². The van der Waals surface area contributed by atoms with Crippen molar-refractivity contribution in [3.63, 3.8) is 0 Å². The minimum absolute atomic E-state index is 0.0736. The quantitative estimate of drug-likeness (QED) is 0.843. The van der Waals surface area contributed by atoms with Crippen molar-refractivity contribution in [1.82, 2.24) is 5.32 Å². The Morgan fingerprint density at radius 1 is 1.62 bits per heavy atom. The molecule has 1 atom stereocenters. The summed E-state index contributed by atoms with van der Waals surface area (Å²) in [4.78, 5) is 11.5. The third kappa shape index (κ3) is 3.47. The molecule has 0 aliphatic rings. The fourth-order valence-electron chi connectivity index (χ4n) is 1.25. The van der Waals surface area contributed by atoms with Crippen LogP contribution in [0.5, 0.6) is 0 Å². The molecule has 0 aromatic heterocycles. The SMILES string of the molecule is C[C@@H](CN)NC(=O)Cc1c(F)cccc1Cl. The van der Waals surface area contributed by atoms with Gasteiger partial charge in [-0.15, -0.1) is 0 Å². The first-order valence-electron chi connectivity index (χ1n) is 4.97. The second kappa shape index (κ2) is 5.82. The first kappa shape index (κ1) is 12.9. The van der Waals surface area contributed by atoms with Crippen molar-refractivity contribution in [3.05, 3.63) is 34.6 Å². The van der Waals surface area contributed by atoms with Crippen LogP contribution in [0.25, 0.3) is 0 Å². The van der Waals surface area contributed by atoms with Crippen molar-refractivity contribution in [3.8, 4) is 0 Å². The second-order valence-corrected chi connectivity index (χ2v) is 3.99. The van der Waals surface area contributed by atoms with E-state index < -0.39 is 5.82 Å². The Hall–Kier alpha value is -1.13. The molecule has 0 saturated carbocycles. The Bertz CT molecular complexity index is 364. The first-order chi connectivity index (χ1) is 7.54. The summed E-state index contributed by atoms with van der Waals surface area (Å²) in [6.07, 6.45) is -0.0736. The van der Waals surface area contributed by atoms with Crippen molar-refractivity contribution >= 4 is 17.5 Å². The van der Waals surface area contributed by atoms with E-state index in [0.29, 0.717) is 6.54 Å². The molecule has 88 valence electrons. The summed E-state index contributed by atoms with van der Waals surface area (Å²) in [5.41, 5.74) is 5.57. The molecule has 5 heteroatoms. The van der Waals surface area contributed by atoms with Gasteiger partial charge < -0.3 is 11.1 Å². The van der Waals surface area contributed by atoms with Gasteiger partial charge >= 0.3 is 0 Å². The van der Waals surface area contributed by atoms with E-state index in [1.54, 1.807) is 13.0 Å². The fourth-order valence-corrected chi connectivity index (χ4v) is 1.48. The van der Waals surface area contributed by atoms with Crippen molar-refractivity contribution in [2.75, 3.05) is 6.54 Å². The number of nitrogens with two attached hydrogens (primary N) is 1. The highest BCUT2D eigenvalue weighted by Crippen LogP contribution is 2.19. The molecule has 3 N–H and O–H groups in total. The van der Waals surface area contributed by atoms with E-state index >= 15 is 0 Å². The molecule has 3 nitrogen and oxygen atoms in total. The van der Waals surface area contributed by atoms with Crippen molar-refractivity contribution < 1.29 is 9.18 Å². The maximum absolute atomic E-state index is 13.3. The molecule has 1 aromatic rings. The third-order valence-corrected chi connectivity index (χ3v) is 2.51. The molecule has 0 bridgehead atoms. The smallest absolute Gasteiger partial charge is 0.224 e. The zero-order valence-electron chi connectivity index (χ0n) is 8.97. The van der Waals surface area contributed by atoms with Crippen molar-refractivity contribution in [2.45, 2.75) is 19.4 Å². The predicted molar refractivity (Wildman–Crippen MR) is 61.8 cm³/mol. The van der Waals surface area contributed by atoms with E-state index in [1.165, 1.54) is 12.1 Å². The van der Waals surface area contributed by atoms with Gasteiger partial charge in [0.25, 0.3) is 0 Å². The zero-order valence-corrected chi connectivity index (χ0v) is 9.72. The van der Waals surface area contributed by atoms with Crippen LogP contribution in [0.15, 0.2) is 18.2 Å². The molecule has 1 amide bonds. The van der Waals surface area contributed by atoms with Crippen LogP contribution in [-0.4, -0.2) is 18.5 Å². The number of carbonyl (C=O) groups is 1. The van der Waals surface area contributed by atoms with Gasteiger partial charge in [0, 0.05) is 23.2 Å². The van der Waals surface area contributed by atoms with Crippen LogP contribution in [0.1, 0.15) is 12.5 Å². The molecular formula is C11H14ClFN2O. The van der Waals surface area contributed by atoms with Crippen LogP contribution in [-0.2, 0) is 11.2 Å². The van der Waals surface area contributed by atoms with E-state index in [2.05, 4.69) is 5.32 Å². The Morgan fingerprint density at radius 2 is 2.31 bits per heavy atom. The molecule has 1 rings (SSSR count). The van der Waals surface area contributed by atoms with E-state index in [1.807, 2.05) is 0 Å². The highest BCUT2D eigenvalue weighted by atomic mass is 35.5. The lowest BCUT2D eigenvalue weighted by Crippen LogP contribution is -2.38. The number of benzene rings is 1. The average molecular weight is 245 g/mol. The van der Waals surface area contributed by atoms with Crippen LogP contribution in [0.2, 0.25) is 5.02 Å². The van der Waals surface area contributed by atoms with E-state index in [9.17, 15) is 9.18 Å². The second-order valence-electron chi connectivity index (χ2n) is 3.58. The standard InChI is InChI=1S/C11H14ClFN2O/c1-7(6-14)15-11(16)5-8-9(12)3-2-4-10(8)13/h2-4,7H,5-6,14H2,1H3,(H,15,16)/t7-/m0/s1. The van der Waals surface area contributed by atoms with Gasteiger partial charge in [0.1, 0.15) is 5.82 Å². The van der Waals surface area contributed by atoms with Gasteiger partial charge in [-0.2, -0.15) is 0 Å². The van der Waals surface area contributed by atoms with Crippen LogP contribution >= 0.6 is 11.6 Å². The Kier molecular flexibility index (Phi) is 4.71. The Balaban J connectivity index is 2.70. The largest absolute Gasteiger partial charge is 0.352 e. The van der Waals surface area contributed by atoms with Gasteiger partial charge in [0.05, 0.1) is 6.42 Å². The number of rotatable bonds is 4. The van der Waals surface area contributed by atoms with Crippen molar-refractivity contribution in [2.24, 2.45) is 5.73 Å². The molecule has 0 fully saturated rings. The summed E-state index contributed by atoms with van der Waals surface area (Å²) in [6.45, 7) is 2.12. The monoisotopic (exact) mass is 244 g/mol. The highest BCUT2D eigenvalue weighted by molar-refractivity contribution is 6.31. The number of hydrogen-bond acceptors (Lipinski definition) is 2. The van der Waals surface area contributed by atoms with Gasteiger partial charge in [0.15, 0.2) is 0 Å². The first-order valence-corrected chi connectivity index (χ1v) is 5.34. The molecule has 0 aliphatic heterocycles. The minimum Gasteiger partial charge on any atom is -0.352 e. The molecule has 0 spiro atoms. The van der Waals surface area contributed by atoms with E-state index in [4.69, 9.17) is 17.3 Å². The summed E-state index contributed by atoms with van der Waals surface area (Å²) in [5.74, 6) is -0.756. The minimum atomic E-state index is -0.469. The fraction of sp³-hybridized carbons (Fsp3) is 0.364. The van der Waals surface area contributed by atoms with Crippen LogP contribution in [0, 0.1) is 5.82 Å². The summed E-state index contributed by atoms with van der Waals surface area (Å²) >= 11 is 5.80. The van der Waals surface area contributed by atoms with Crippen molar-refractivity contribution in [1.29, 1.82) is 0 Å². The van der Waals surface area contributed by atoms with Gasteiger partial charge in [-0.05, 0) is 19.1 Å². The molecule has 0 radical (unpaired) electrons. The molecule has 0 unspecified atom stereocenters. The Morgan fingerprint density at radius 3 is 2.88 bits per heavy atom. The molecule has 1 aromatic carbocycles. The lowest BCUT2D eigenvalue weighted by atomic mass is 10.1. The lowest BCUT2D eigenvalue weighted by molar-refractivity contribution is -0.121. The topological polar surface area (TPSA) is 55.1 Å². The van der Waals surface area contributed by atoms with Gasteiger partial charge in [0.2, 0.25) is 5.91 Å². The van der Waals surface area contributed by atoms with Crippen LogP contribution in [0.3, 0.4) is 0 Å². The summed E-state index contributed by atoms with van der Waals surface area (Å²) in [5, 5.41) is 2.90. The number of carbonyl (C=O) groups excluding carboxylic acids is 1. The molecule has 0 aliphatic carbocycles. The third-order valence-electron chi connectivity index (χ3n) is 2.16. The summed E-state index contributed by atoms with van der Waals surface area (Å²) in [6, 6.07) is 4.21. The molecule has 0 heterocycles. The summed E-state index contributed by atoms with van der Waals surface area (Å²) in [7, 11) is 0. The molecular weight excluding hydrogens is 231 g/mol. The number of nitrogens with one attached hydrogen (secondary N) is 1. The molecule has 0 saturated heterocycles. The average Bonchev–Trinajstić information content (AvgIpc) is 2.23. The maximum Gasteiger partial charge on any atom is 0.224 e. The lowest BCUT2D eigenvalue weighted by Gasteiger charge is -2.12. The number of halogens is 2. The maximum atomic E-state index is 13.3. The normalized spacial score (nSPS) is 12.2.